The number of aliphatic imine (C=N–C) groups is 1. The van der Waals surface area contributed by atoms with Crippen molar-refractivity contribution in [3.8, 4) is 0 Å². The molecule has 2 aromatic rings. The molecule has 4 N–H and O–H groups in total. The van der Waals surface area contributed by atoms with E-state index in [1.165, 1.54) is 22.0 Å². The van der Waals surface area contributed by atoms with Crippen LogP contribution in [0.4, 0.5) is 0 Å². The number of hydrogen-bond acceptors (Lipinski definition) is 5. The van der Waals surface area contributed by atoms with Gasteiger partial charge in [0.25, 0.3) is 5.91 Å². The third-order valence-electron chi connectivity index (χ3n) is 3.25. The lowest BCUT2D eigenvalue weighted by Crippen LogP contribution is -2.35. The molecule has 1 unspecified atom stereocenters. The highest BCUT2D eigenvalue weighted by molar-refractivity contribution is 7.19. The van der Waals surface area contributed by atoms with Gasteiger partial charge in [0.1, 0.15) is 6.79 Å². The maximum atomic E-state index is 10.8. The van der Waals surface area contributed by atoms with Crippen molar-refractivity contribution >= 4 is 40.8 Å². The topological polar surface area (TPSA) is 98.5 Å². The molecule has 0 saturated heterocycles. The van der Waals surface area contributed by atoms with Crippen molar-refractivity contribution in [2.24, 2.45) is 22.4 Å². The highest BCUT2D eigenvalue weighted by Gasteiger charge is 2.17. The van der Waals surface area contributed by atoms with E-state index < -0.39 is 6.04 Å². The molecule has 0 spiro atoms. The highest BCUT2D eigenvalue weighted by atomic mass is 32.1. The smallest absolute Gasteiger partial charge is 0.262 e. The van der Waals surface area contributed by atoms with E-state index in [2.05, 4.69) is 54.7 Å². The fraction of sp³-hybridized carbons (Fsp3) is 0.389. The van der Waals surface area contributed by atoms with Crippen LogP contribution in [0.2, 0.25) is 0 Å². The van der Waals surface area contributed by atoms with E-state index >= 15 is 0 Å². The van der Waals surface area contributed by atoms with Gasteiger partial charge >= 0.3 is 0 Å². The molecule has 1 amide bonds. The lowest BCUT2D eigenvalue weighted by atomic mass is 10.00. The summed E-state index contributed by atoms with van der Waals surface area (Å²) in [4.78, 5) is 23.4. The minimum absolute atomic E-state index is 0.193. The average molecular weight is 352 g/mol. The Bertz CT molecular complexity index is 566. The van der Waals surface area contributed by atoms with Gasteiger partial charge in [0, 0.05) is 9.58 Å². The molecular weight excluding hydrogens is 322 g/mol. The Labute approximate surface area is 148 Å². The van der Waals surface area contributed by atoms with Gasteiger partial charge in [0.15, 0.2) is 0 Å². The molecule has 2 rings (SSSR count). The van der Waals surface area contributed by atoms with Crippen LogP contribution >= 0.6 is 11.3 Å². The first-order valence-electron chi connectivity index (χ1n) is 7.57. The van der Waals surface area contributed by atoms with Gasteiger partial charge in [0.05, 0.1) is 6.04 Å². The molecule has 0 aliphatic heterocycles. The Hall–Kier alpha value is -1.89. The number of hydrogen-bond donors (Lipinski definition) is 2. The molecule has 1 aromatic heterocycles. The van der Waals surface area contributed by atoms with E-state index in [9.17, 15) is 4.79 Å². The standard InChI is InChI=1S/C9H8S.C7H14N2O.CH5N.CH2O/c1-7-6-8-4-2-3-5-9(8)10-7;1-4-5(2)6(8)7(10)9-3;2*1-2/h2-6H,1H3;5-6H,3-4,8H2,1-2H3;2H2,1H3;1H2/t;5-,6?;;/m.0../s1. The van der Waals surface area contributed by atoms with E-state index in [0.717, 1.165) is 6.42 Å². The van der Waals surface area contributed by atoms with Gasteiger partial charge in [-0.25, -0.2) is 4.99 Å². The van der Waals surface area contributed by atoms with Crippen molar-refractivity contribution < 1.29 is 9.59 Å². The lowest BCUT2D eigenvalue weighted by Gasteiger charge is -2.13. The number of aryl methyl sites for hydroxylation is 1. The van der Waals surface area contributed by atoms with Crippen molar-refractivity contribution in [2.45, 2.75) is 33.2 Å². The van der Waals surface area contributed by atoms with Gasteiger partial charge in [-0.05, 0) is 44.1 Å². The zero-order chi connectivity index (χ0) is 19.1. The van der Waals surface area contributed by atoms with Gasteiger partial charge in [-0.15, -0.1) is 11.3 Å². The molecule has 134 valence electrons. The van der Waals surface area contributed by atoms with Gasteiger partial charge < -0.3 is 16.3 Å². The fourth-order valence-electron chi connectivity index (χ4n) is 1.72. The summed E-state index contributed by atoms with van der Waals surface area (Å²) >= 11 is 1.85. The van der Waals surface area contributed by atoms with Crippen LogP contribution in [0.3, 0.4) is 0 Å². The number of nitrogens with two attached hydrogens (primary N) is 2. The Morgan fingerprint density at radius 2 is 1.83 bits per heavy atom. The van der Waals surface area contributed by atoms with Crippen molar-refractivity contribution in [3.05, 3.63) is 35.2 Å². The SMILES string of the molecule is C=NC(=O)C(N)[C@@H](C)CC.C=O.CN.Cc1cc2ccccc2s1. The Balaban J connectivity index is 0. The first kappa shape index (κ1) is 24.4. The molecule has 0 fully saturated rings. The molecule has 6 heteroatoms. The van der Waals surface area contributed by atoms with Crippen LogP contribution < -0.4 is 11.5 Å². The van der Waals surface area contributed by atoms with E-state index in [1.54, 1.807) is 0 Å². The average Bonchev–Trinajstić information content (AvgIpc) is 3.03. The number of carbonyl (C=O) groups excluding carboxylic acids is 2. The zero-order valence-electron chi connectivity index (χ0n) is 15.0. The van der Waals surface area contributed by atoms with Crippen molar-refractivity contribution in [1.29, 1.82) is 0 Å². The minimum atomic E-state index is -0.470. The van der Waals surface area contributed by atoms with E-state index in [1.807, 2.05) is 32.0 Å². The van der Waals surface area contributed by atoms with Crippen LogP contribution in [0.15, 0.2) is 35.3 Å². The van der Waals surface area contributed by atoms with E-state index in [4.69, 9.17) is 10.5 Å². The number of fused-ring (bicyclic) bond motifs is 1. The van der Waals surface area contributed by atoms with Crippen LogP contribution in [0.1, 0.15) is 25.1 Å². The number of rotatable bonds is 3. The Morgan fingerprint density at radius 3 is 2.29 bits per heavy atom. The first-order chi connectivity index (χ1) is 11.5. The monoisotopic (exact) mass is 351 g/mol. The maximum Gasteiger partial charge on any atom is 0.262 e. The van der Waals surface area contributed by atoms with Gasteiger partial charge in [-0.2, -0.15) is 0 Å². The summed E-state index contributed by atoms with van der Waals surface area (Å²) in [6, 6.07) is 10.2. The molecule has 0 saturated carbocycles. The predicted octanol–water partition coefficient (Wildman–Crippen LogP) is 3.19. The number of thiophene rings is 1. The van der Waals surface area contributed by atoms with Crippen molar-refractivity contribution in [3.63, 3.8) is 0 Å². The van der Waals surface area contributed by atoms with Crippen LogP contribution in [0.25, 0.3) is 10.1 Å². The molecule has 5 nitrogen and oxygen atoms in total. The summed E-state index contributed by atoms with van der Waals surface area (Å²) in [5, 5.41) is 1.37. The quantitative estimate of drug-likeness (QED) is 0.830. The summed E-state index contributed by atoms with van der Waals surface area (Å²) in [7, 11) is 1.50. The summed E-state index contributed by atoms with van der Waals surface area (Å²) in [6.45, 7) is 11.2. The second-order valence-electron chi connectivity index (χ2n) is 4.80. The number of amides is 1. The largest absolute Gasteiger partial charge is 0.333 e. The van der Waals surface area contributed by atoms with E-state index in [0.29, 0.717) is 0 Å². The lowest BCUT2D eigenvalue weighted by molar-refractivity contribution is -0.119. The van der Waals surface area contributed by atoms with E-state index in [-0.39, 0.29) is 11.8 Å². The Morgan fingerprint density at radius 1 is 1.29 bits per heavy atom. The molecule has 0 radical (unpaired) electrons. The maximum absolute atomic E-state index is 10.8. The fourth-order valence-corrected chi connectivity index (χ4v) is 2.64. The Kier molecular flexibility index (Phi) is 14.9. The molecule has 1 heterocycles. The number of nitrogens with zero attached hydrogens (tertiary/aromatic N) is 1. The molecule has 0 aliphatic rings. The van der Waals surface area contributed by atoms with Crippen LogP contribution in [-0.4, -0.2) is 32.5 Å². The summed E-state index contributed by atoms with van der Waals surface area (Å²) in [5.74, 6) is -0.118. The minimum Gasteiger partial charge on any atom is -0.333 e. The molecule has 0 bridgehead atoms. The number of benzene rings is 1. The summed E-state index contributed by atoms with van der Waals surface area (Å²) in [5.41, 5.74) is 10.00. The predicted molar refractivity (Wildman–Crippen MR) is 106 cm³/mol. The first-order valence-corrected chi connectivity index (χ1v) is 8.39. The highest BCUT2D eigenvalue weighted by Crippen LogP contribution is 2.23. The normalized spacial score (nSPS) is 11.4. The zero-order valence-corrected chi connectivity index (χ0v) is 15.8. The third-order valence-corrected chi connectivity index (χ3v) is 4.28. The summed E-state index contributed by atoms with van der Waals surface area (Å²) in [6.07, 6.45) is 0.891. The van der Waals surface area contributed by atoms with Gasteiger partial charge in [-0.1, -0.05) is 38.5 Å². The molecule has 2 atom stereocenters. The van der Waals surface area contributed by atoms with Crippen LogP contribution in [0.5, 0.6) is 0 Å². The third kappa shape index (κ3) is 8.67. The second kappa shape index (κ2) is 14.7. The molecule has 0 aliphatic carbocycles. The molecule has 24 heavy (non-hydrogen) atoms. The van der Waals surface area contributed by atoms with Crippen molar-refractivity contribution in [2.75, 3.05) is 7.05 Å². The van der Waals surface area contributed by atoms with Crippen molar-refractivity contribution in [1.82, 2.24) is 0 Å². The second-order valence-corrected chi connectivity index (χ2v) is 6.09. The van der Waals surface area contributed by atoms with Crippen LogP contribution in [-0.2, 0) is 9.59 Å². The van der Waals surface area contributed by atoms with Crippen LogP contribution in [0, 0.1) is 12.8 Å². The number of carbonyl (C=O) groups is 2. The molecular formula is C18H29N3O2S. The van der Waals surface area contributed by atoms with Gasteiger partial charge in [0.2, 0.25) is 0 Å². The molecule has 1 aromatic carbocycles. The summed E-state index contributed by atoms with van der Waals surface area (Å²) < 4.78 is 1.39. The van der Waals surface area contributed by atoms with Gasteiger partial charge in [-0.3, -0.25) is 4.79 Å².